The van der Waals surface area contributed by atoms with Gasteiger partial charge in [0.15, 0.2) is 0 Å². The van der Waals surface area contributed by atoms with Gasteiger partial charge < -0.3 is 19.9 Å². The van der Waals surface area contributed by atoms with E-state index in [1.807, 2.05) is 44.2 Å². The third-order valence-electron chi connectivity index (χ3n) is 7.06. The molecule has 3 fully saturated rings. The van der Waals surface area contributed by atoms with Crippen molar-refractivity contribution in [2.75, 3.05) is 47.9 Å². The van der Waals surface area contributed by atoms with Crippen LogP contribution >= 0.6 is 0 Å². The number of morpholine rings is 1. The van der Waals surface area contributed by atoms with Crippen LogP contribution in [0.1, 0.15) is 63.8 Å². The lowest BCUT2D eigenvalue weighted by atomic mass is 9.92. The fraction of sp³-hybridized carbons (Fsp3) is 0.556. The summed E-state index contributed by atoms with van der Waals surface area (Å²) in [4.78, 5) is 22.6. The monoisotopic (exact) mass is 452 g/mol. The van der Waals surface area contributed by atoms with E-state index < -0.39 is 0 Å². The van der Waals surface area contributed by atoms with Crippen molar-refractivity contribution in [3.05, 3.63) is 47.5 Å². The molecule has 3 aliphatic rings. The molecule has 2 saturated heterocycles. The lowest BCUT2D eigenvalue weighted by molar-refractivity contribution is 0.0529. The molecule has 1 spiro atoms. The van der Waals surface area contributed by atoms with Crippen LogP contribution in [0, 0.1) is 12.3 Å². The predicted molar refractivity (Wildman–Crippen MR) is 138 cm³/mol. The van der Waals surface area contributed by atoms with E-state index in [1.165, 1.54) is 31.2 Å². The van der Waals surface area contributed by atoms with Crippen LogP contribution in [0.25, 0.3) is 0 Å². The van der Waals surface area contributed by atoms with Crippen LogP contribution in [0.15, 0.2) is 36.4 Å². The second-order valence-electron chi connectivity index (χ2n) is 9.47. The van der Waals surface area contributed by atoms with Gasteiger partial charge in [-0.1, -0.05) is 26.0 Å². The average Bonchev–Trinajstić information content (AvgIpc) is 3.59. The zero-order valence-electron chi connectivity index (χ0n) is 20.6. The van der Waals surface area contributed by atoms with Gasteiger partial charge >= 0.3 is 0 Å². The quantitative estimate of drug-likeness (QED) is 0.662. The Morgan fingerprint density at radius 3 is 2.55 bits per heavy atom. The number of nitrogens with zero attached hydrogens (tertiary/aromatic N) is 3. The zero-order valence-corrected chi connectivity index (χ0v) is 20.6. The minimum atomic E-state index is -0.0956. The zero-order chi connectivity index (χ0) is 23.4. The molecule has 1 aliphatic carbocycles. The maximum atomic E-state index is 13.3. The molecule has 5 rings (SSSR count). The number of hydrogen-bond donors (Lipinski definition) is 1. The highest BCUT2D eigenvalue weighted by atomic mass is 16.5. The fourth-order valence-corrected chi connectivity index (χ4v) is 4.87. The number of benzene rings is 1. The van der Waals surface area contributed by atoms with E-state index in [0.717, 1.165) is 43.2 Å². The van der Waals surface area contributed by atoms with Crippen LogP contribution in [0.2, 0.25) is 0 Å². The van der Waals surface area contributed by atoms with Gasteiger partial charge in [0.25, 0.3) is 5.91 Å². The van der Waals surface area contributed by atoms with Crippen molar-refractivity contribution >= 4 is 23.2 Å². The van der Waals surface area contributed by atoms with Crippen LogP contribution < -0.4 is 15.1 Å². The molecule has 0 unspecified atom stereocenters. The number of aryl methyl sites for hydroxylation is 1. The normalized spacial score (nSPS) is 21.3. The number of ether oxygens (including phenoxy) is 1. The molecule has 1 N–H and O–H groups in total. The molecular weight excluding hydrogens is 412 g/mol. The Morgan fingerprint density at radius 1 is 1.09 bits per heavy atom. The van der Waals surface area contributed by atoms with Gasteiger partial charge in [0, 0.05) is 33.3 Å². The second-order valence-corrected chi connectivity index (χ2v) is 9.47. The smallest absolute Gasteiger partial charge is 0.258 e. The average molecular weight is 453 g/mol. The first-order valence-electron chi connectivity index (χ1n) is 12.5. The molecular formula is C27H40N4O2. The van der Waals surface area contributed by atoms with E-state index in [1.54, 1.807) is 0 Å². The van der Waals surface area contributed by atoms with Crippen LogP contribution in [-0.4, -0.2) is 49.8 Å². The highest BCUT2D eigenvalue weighted by Crippen LogP contribution is 2.54. The van der Waals surface area contributed by atoms with Crippen LogP contribution in [0.3, 0.4) is 0 Å². The van der Waals surface area contributed by atoms with Crippen LogP contribution in [-0.2, 0) is 4.74 Å². The Morgan fingerprint density at radius 2 is 1.85 bits per heavy atom. The number of pyridine rings is 1. The Labute approximate surface area is 199 Å². The van der Waals surface area contributed by atoms with Crippen molar-refractivity contribution in [2.24, 2.45) is 5.41 Å². The molecule has 1 saturated carbocycles. The number of hydrogen-bond acceptors (Lipinski definition) is 5. The maximum Gasteiger partial charge on any atom is 0.258 e. The van der Waals surface area contributed by atoms with E-state index in [9.17, 15) is 4.79 Å². The van der Waals surface area contributed by atoms with Gasteiger partial charge in [-0.3, -0.25) is 4.79 Å². The van der Waals surface area contributed by atoms with Crippen LogP contribution in [0.4, 0.5) is 17.3 Å². The van der Waals surface area contributed by atoms with Crippen molar-refractivity contribution in [1.29, 1.82) is 0 Å². The first-order valence-corrected chi connectivity index (χ1v) is 12.5. The van der Waals surface area contributed by atoms with Gasteiger partial charge in [0.05, 0.1) is 18.3 Å². The second kappa shape index (κ2) is 10.1. The van der Waals surface area contributed by atoms with Crippen molar-refractivity contribution in [2.45, 2.75) is 59.5 Å². The molecule has 0 bridgehead atoms. The van der Waals surface area contributed by atoms with Crippen LogP contribution in [0.5, 0.6) is 0 Å². The van der Waals surface area contributed by atoms with Gasteiger partial charge in [-0.15, -0.1) is 0 Å². The summed E-state index contributed by atoms with van der Waals surface area (Å²) in [5, 5.41) is 3.04. The highest BCUT2D eigenvalue weighted by Gasteiger charge is 2.44. The summed E-state index contributed by atoms with van der Waals surface area (Å²) in [6.45, 7) is 12.5. The van der Waals surface area contributed by atoms with E-state index in [2.05, 4.69) is 35.0 Å². The molecule has 0 radical (unpaired) electrons. The van der Waals surface area contributed by atoms with Gasteiger partial charge in [-0.2, -0.15) is 0 Å². The summed E-state index contributed by atoms with van der Waals surface area (Å²) in [5.41, 5.74) is 3.57. The summed E-state index contributed by atoms with van der Waals surface area (Å²) in [6, 6.07) is 11.9. The van der Waals surface area contributed by atoms with E-state index in [-0.39, 0.29) is 13.4 Å². The Bertz CT molecular complexity index is 969. The molecule has 1 aromatic heterocycles. The van der Waals surface area contributed by atoms with Gasteiger partial charge in [0.2, 0.25) is 0 Å². The number of carbonyl (C=O) groups is 1. The maximum absolute atomic E-state index is 13.3. The van der Waals surface area contributed by atoms with E-state index in [0.29, 0.717) is 17.8 Å². The minimum Gasteiger partial charge on any atom is -0.375 e. The highest BCUT2D eigenvalue weighted by molar-refractivity contribution is 6.08. The Balaban J connectivity index is 0.00000105. The molecule has 3 heterocycles. The Kier molecular flexibility index (Phi) is 7.23. The third-order valence-corrected chi connectivity index (χ3v) is 7.06. The molecule has 1 amide bonds. The fourth-order valence-electron chi connectivity index (χ4n) is 4.87. The van der Waals surface area contributed by atoms with Crippen molar-refractivity contribution in [1.82, 2.24) is 4.98 Å². The summed E-state index contributed by atoms with van der Waals surface area (Å²) in [5.74, 6) is 1.37. The predicted octanol–water partition coefficient (Wildman–Crippen LogP) is 5.52. The SMILES string of the molecule is CC.Cc1ccc(C(=O)Nc2cccc(N3CCO[C@H](C)C3)n2)c(N2CCC3(CC2)CC3)c1.[HH]. The summed E-state index contributed by atoms with van der Waals surface area (Å²) < 4.78 is 5.64. The van der Waals surface area contributed by atoms with Crippen molar-refractivity contribution in [3.63, 3.8) is 0 Å². The first-order chi connectivity index (χ1) is 16.0. The van der Waals surface area contributed by atoms with Gasteiger partial charge in [-0.05, 0) is 74.8 Å². The number of amides is 1. The topological polar surface area (TPSA) is 57.7 Å². The number of nitrogens with one attached hydrogen (secondary N) is 1. The molecule has 180 valence electrons. The molecule has 2 aromatic rings. The molecule has 6 heteroatoms. The lowest BCUT2D eigenvalue weighted by Crippen LogP contribution is -2.41. The molecule has 6 nitrogen and oxygen atoms in total. The molecule has 1 atom stereocenters. The van der Waals surface area contributed by atoms with Crippen molar-refractivity contribution < 1.29 is 11.0 Å². The number of rotatable bonds is 4. The molecule has 33 heavy (non-hydrogen) atoms. The summed E-state index contributed by atoms with van der Waals surface area (Å²) >= 11 is 0. The van der Waals surface area contributed by atoms with E-state index in [4.69, 9.17) is 9.72 Å². The number of aromatic nitrogens is 1. The van der Waals surface area contributed by atoms with Gasteiger partial charge in [0.1, 0.15) is 11.6 Å². The van der Waals surface area contributed by atoms with Gasteiger partial charge in [-0.25, -0.2) is 4.98 Å². The Hall–Kier alpha value is -2.60. The largest absolute Gasteiger partial charge is 0.375 e. The molecule has 2 aliphatic heterocycles. The number of anilines is 3. The lowest BCUT2D eigenvalue weighted by Gasteiger charge is -2.35. The first kappa shape index (κ1) is 23.6. The summed E-state index contributed by atoms with van der Waals surface area (Å²) in [7, 11) is 0. The van der Waals surface area contributed by atoms with Crippen molar-refractivity contribution in [3.8, 4) is 0 Å². The minimum absolute atomic E-state index is 0. The number of carbonyl (C=O) groups excluding carboxylic acids is 1. The standard InChI is InChI=1S/C25H32N4O2.C2H6.H2/c1-18-6-7-20(21(16-18)28-12-10-25(8-9-25)11-13-28)24(30)27-22-4-3-5-23(26-22)29-14-15-31-19(2)17-29;1-2;/h3-7,16,19H,8-15,17H2,1-2H3,(H,26,27,30);1-2H3;1H/t19-;;/m1../s1. The third kappa shape index (κ3) is 5.49. The number of piperidine rings is 1. The molecule has 1 aromatic carbocycles. The summed E-state index contributed by atoms with van der Waals surface area (Å²) in [6.07, 6.45) is 5.42. The van der Waals surface area contributed by atoms with E-state index >= 15 is 0 Å².